The highest BCUT2D eigenvalue weighted by molar-refractivity contribution is 6.03. The lowest BCUT2D eigenvalue weighted by Gasteiger charge is -2.10. The van der Waals surface area contributed by atoms with Gasteiger partial charge in [-0.2, -0.15) is 0 Å². The van der Waals surface area contributed by atoms with Crippen LogP contribution in [0, 0.1) is 6.92 Å². The lowest BCUT2D eigenvalue weighted by Crippen LogP contribution is -2.15. The van der Waals surface area contributed by atoms with Crippen LogP contribution in [-0.4, -0.2) is 41.1 Å². The van der Waals surface area contributed by atoms with Crippen molar-refractivity contribution < 1.29 is 4.79 Å². The van der Waals surface area contributed by atoms with Gasteiger partial charge in [0.2, 0.25) is 5.82 Å². The zero-order chi connectivity index (χ0) is 21.1. The quantitative estimate of drug-likeness (QED) is 0.547. The molecule has 0 unspecified atom stereocenters. The summed E-state index contributed by atoms with van der Waals surface area (Å²) in [6, 6.07) is 12.8. The molecule has 0 aliphatic rings. The van der Waals surface area contributed by atoms with Crippen LogP contribution in [0.4, 0.5) is 5.82 Å². The van der Waals surface area contributed by atoms with Crippen molar-refractivity contribution in [2.75, 3.05) is 5.32 Å². The van der Waals surface area contributed by atoms with E-state index in [0.29, 0.717) is 17.3 Å². The first-order chi connectivity index (χ1) is 14.5. The number of nitrogens with zero attached hydrogens (tertiary/aromatic N) is 7. The third-order valence-corrected chi connectivity index (χ3v) is 4.48. The van der Waals surface area contributed by atoms with Gasteiger partial charge in [0.25, 0.3) is 5.91 Å². The molecule has 0 aliphatic heterocycles. The molecule has 0 saturated heterocycles. The first-order valence-corrected chi connectivity index (χ1v) is 9.47. The van der Waals surface area contributed by atoms with Gasteiger partial charge >= 0.3 is 0 Å². The van der Waals surface area contributed by atoms with Crippen molar-refractivity contribution in [3.8, 4) is 22.8 Å². The Bertz CT molecular complexity index is 1190. The van der Waals surface area contributed by atoms with Crippen LogP contribution in [0.5, 0.6) is 0 Å². The molecule has 0 spiro atoms. The lowest BCUT2D eigenvalue weighted by molar-refractivity contribution is 0.102. The maximum absolute atomic E-state index is 12.8. The molecule has 0 radical (unpaired) electrons. The molecule has 0 atom stereocenters. The molecule has 9 nitrogen and oxygen atoms in total. The van der Waals surface area contributed by atoms with Gasteiger partial charge in [-0.1, -0.05) is 12.1 Å². The Labute approximate surface area is 173 Å². The number of aromatic nitrogens is 7. The van der Waals surface area contributed by atoms with Gasteiger partial charge in [0, 0.05) is 18.0 Å². The van der Waals surface area contributed by atoms with E-state index in [4.69, 9.17) is 0 Å². The monoisotopic (exact) mass is 400 g/mol. The van der Waals surface area contributed by atoms with Crippen LogP contribution in [0.25, 0.3) is 22.8 Å². The highest BCUT2D eigenvalue weighted by atomic mass is 16.1. The molecule has 0 bridgehead atoms. The van der Waals surface area contributed by atoms with E-state index in [9.17, 15) is 4.79 Å². The van der Waals surface area contributed by atoms with E-state index in [2.05, 4.69) is 35.8 Å². The first-order valence-electron chi connectivity index (χ1n) is 9.47. The standard InChI is InChI=1S/C21H20N8O/c1-13(2)29-20(26-27-28-29)17-8-6-9-19(24-17)25-21(30)18-11-15(14(3)12-23-18)16-7-4-5-10-22-16/h4-13H,1-3H3,(H,24,25,30). The predicted molar refractivity (Wildman–Crippen MR) is 112 cm³/mol. The maximum atomic E-state index is 12.8. The number of hydrogen-bond acceptors (Lipinski definition) is 7. The number of pyridine rings is 3. The minimum atomic E-state index is -0.361. The van der Waals surface area contributed by atoms with Crippen molar-refractivity contribution in [2.24, 2.45) is 0 Å². The Morgan fingerprint density at radius 1 is 1.07 bits per heavy atom. The summed E-state index contributed by atoms with van der Waals surface area (Å²) in [6.07, 6.45) is 3.38. The fourth-order valence-corrected chi connectivity index (χ4v) is 2.97. The van der Waals surface area contributed by atoms with Crippen LogP contribution < -0.4 is 5.32 Å². The van der Waals surface area contributed by atoms with E-state index in [0.717, 1.165) is 16.8 Å². The molecule has 4 rings (SSSR count). The van der Waals surface area contributed by atoms with Gasteiger partial charge in [-0.05, 0) is 67.1 Å². The van der Waals surface area contributed by atoms with Gasteiger partial charge in [0.1, 0.15) is 17.2 Å². The lowest BCUT2D eigenvalue weighted by atomic mass is 10.1. The van der Waals surface area contributed by atoms with E-state index in [-0.39, 0.29) is 17.6 Å². The van der Waals surface area contributed by atoms with Crippen LogP contribution in [-0.2, 0) is 0 Å². The Hall–Kier alpha value is -4.01. The summed E-state index contributed by atoms with van der Waals surface area (Å²) in [5.41, 5.74) is 3.42. The average molecular weight is 400 g/mol. The van der Waals surface area contributed by atoms with Crippen molar-refractivity contribution in [1.29, 1.82) is 0 Å². The molecular weight excluding hydrogens is 380 g/mol. The fraction of sp³-hybridized carbons (Fsp3) is 0.190. The number of rotatable bonds is 5. The topological polar surface area (TPSA) is 111 Å². The molecule has 4 aromatic heterocycles. The molecule has 150 valence electrons. The fourth-order valence-electron chi connectivity index (χ4n) is 2.97. The Morgan fingerprint density at radius 2 is 1.90 bits per heavy atom. The summed E-state index contributed by atoms with van der Waals surface area (Å²) in [7, 11) is 0. The molecule has 0 aliphatic carbocycles. The Kier molecular flexibility index (Phi) is 5.25. The van der Waals surface area contributed by atoms with E-state index in [1.54, 1.807) is 41.3 Å². The summed E-state index contributed by atoms with van der Waals surface area (Å²) in [4.78, 5) is 25.9. The highest BCUT2D eigenvalue weighted by Gasteiger charge is 2.15. The average Bonchev–Trinajstić information content (AvgIpc) is 3.25. The second kappa shape index (κ2) is 8.16. The van der Waals surface area contributed by atoms with Gasteiger partial charge in [-0.25, -0.2) is 9.67 Å². The molecule has 9 heteroatoms. The number of aryl methyl sites for hydroxylation is 1. The van der Waals surface area contributed by atoms with Gasteiger partial charge in [0.05, 0.1) is 11.7 Å². The zero-order valence-corrected chi connectivity index (χ0v) is 16.8. The normalized spacial score (nSPS) is 10.9. The molecule has 1 N–H and O–H groups in total. The van der Waals surface area contributed by atoms with Crippen molar-refractivity contribution in [3.05, 3.63) is 66.1 Å². The third kappa shape index (κ3) is 3.90. The molecule has 4 aromatic rings. The molecule has 0 saturated carbocycles. The van der Waals surface area contributed by atoms with Gasteiger partial charge in [-0.3, -0.25) is 14.8 Å². The van der Waals surface area contributed by atoms with Gasteiger partial charge < -0.3 is 5.32 Å². The molecule has 30 heavy (non-hydrogen) atoms. The number of tetrazole rings is 1. The van der Waals surface area contributed by atoms with Crippen LogP contribution in [0.15, 0.2) is 54.9 Å². The second-order valence-corrected chi connectivity index (χ2v) is 7.00. The third-order valence-electron chi connectivity index (χ3n) is 4.48. The molecule has 0 aromatic carbocycles. The van der Waals surface area contributed by atoms with E-state index in [1.165, 1.54) is 0 Å². The second-order valence-electron chi connectivity index (χ2n) is 7.00. The van der Waals surface area contributed by atoms with E-state index < -0.39 is 0 Å². The molecule has 0 fully saturated rings. The van der Waals surface area contributed by atoms with Gasteiger partial charge in [-0.15, -0.1) is 5.10 Å². The number of anilines is 1. The SMILES string of the molecule is Cc1cnc(C(=O)Nc2cccc(-c3nnnn3C(C)C)n2)cc1-c1ccccn1. The number of carbonyl (C=O) groups is 1. The largest absolute Gasteiger partial charge is 0.305 e. The van der Waals surface area contributed by atoms with Crippen molar-refractivity contribution in [2.45, 2.75) is 26.8 Å². The van der Waals surface area contributed by atoms with Crippen LogP contribution in [0.1, 0.15) is 35.9 Å². The highest BCUT2D eigenvalue weighted by Crippen LogP contribution is 2.22. The number of hydrogen-bond donors (Lipinski definition) is 1. The Morgan fingerprint density at radius 3 is 2.67 bits per heavy atom. The number of nitrogens with one attached hydrogen (secondary N) is 1. The summed E-state index contributed by atoms with van der Waals surface area (Å²) < 4.78 is 1.68. The van der Waals surface area contributed by atoms with Crippen molar-refractivity contribution in [3.63, 3.8) is 0 Å². The van der Waals surface area contributed by atoms with Gasteiger partial charge in [0.15, 0.2) is 0 Å². The summed E-state index contributed by atoms with van der Waals surface area (Å²) in [5, 5.41) is 14.6. The Balaban J connectivity index is 1.60. The van der Waals surface area contributed by atoms with E-state index in [1.807, 2.05) is 39.0 Å². The molecule has 1 amide bonds. The van der Waals surface area contributed by atoms with E-state index >= 15 is 0 Å². The minimum Gasteiger partial charge on any atom is -0.305 e. The van der Waals surface area contributed by atoms with Crippen molar-refractivity contribution >= 4 is 11.7 Å². The van der Waals surface area contributed by atoms with Crippen LogP contribution in [0.2, 0.25) is 0 Å². The summed E-state index contributed by atoms with van der Waals surface area (Å²) in [6.45, 7) is 5.89. The van der Waals surface area contributed by atoms with Crippen molar-refractivity contribution in [1.82, 2.24) is 35.2 Å². The maximum Gasteiger partial charge on any atom is 0.275 e. The molecular formula is C21H20N8O. The first kappa shape index (κ1) is 19.3. The zero-order valence-electron chi connectivity index (χ0n) is 16.8. The van der Waals surface area contributed by atoms with Crippen LogP contribution in [0.3, 0.4) is 0 Å². The minimum absolute atomic E-state index is 0.0804. The predicted octanol–water partition coefficient (Wildman–Crippen LogP) is 3.33. The number of carbonyl (C=O) groups excluding carboxylic acids is 1. The molecule has 4 heterocycles. The van der Waals surface area contributed by atoms with Crippen LogP contribution >= 0.6 is 0 Å². The summed E-state index contributed by atoms with van der Waals surface area (Å²) in [5.74, 6) is 0.560. The smallest absolute Gasteiger partial charge is 0.275 e. The number of amides is 1. The summed E-state index contributed by atoms with van der Waals surface area (Å²) >= 11 is 0.